The average Bonchev–Trinajstić information content (AvgIpc) is 3.75. The highest BCUT2D eigenvalue weighted by Gasteiger charge is 2.47. The zero-order valence-electron chi connectivity index (χ0n) is 19.9. The van der Waals surface area contributed by atoms with E-state index in [1.54, 1.807) is 0 Å². The maximum absolute atomic E-state index is 13.2. The fourth-order valence-corrected chi connectivity index (χ4v) is 4.91. The number of rotatable bonds is 6. The summed E-state index contributed by atoms with van der Waals surface area (Å²) in [5, 5.41) is 0. The first-order valence-electron chi connectivity index (χ1n) is 12.3. The SMILES string of the molecule is C=C(Cc1cccc(-c2ccc(C(=O)N3CCN(C(=O)C4(C)CC4)CC3)c(C)c2)c1)C1CC1. The van der Waals surface area contributed by atoms with Gasteiger partial charge >= 0.3 is 0 Å². The lowest BCUT2D eigenvalue weighted by atomic mass is 9.95. The molecular weight excluding hydrogens is 408 g/mol. The summed E-state index contributed by atoms with van der Waals surface area (Å²) in [6, 6.07) is 14.8. The van der Waals surface area contributed by atoms with Crippen LogP contribution in [-0.4, -0.2) is 47.8 Å². The van der Waals surface area contributed by atoms with Crippen molar-refractivity contribution < 1.29 is 9.59 Å². The molecule has 0 aromatic heterocycles. The molecule has 3 aliphatic rings. The Morgan fingerprint density at radius 2 is 1.64 bits per heavy atom. The maximum atomic E-state index is 13.2. The van der Waals surface area contributed by atoms with Gasteiger partial charge in [0.2, 0.25) is 5.91 Å². The quantitative estimate of drug-likeness (QED) is 0.573. The van der Waals surface area contributed by atoms with Gasteiger partial charge in [0.05, 0.1) is 0 Å². The van der Waals surface area contributed by atoms with E-state index in [1.807, 2.05) is 22.8 Å². The van der Waals surface area contributed by atoms with Crippen LogP contribution in [0.2, 0.25) is 0 Å². The van der Waals surface area contributed by atoms with E-state index >= 15 is 0 Å². The van der Waals surface area contributed by atoms with E-state index in [4.69, 9.17) is 0 Å². The minimum absolute atomic E-state index is 0.0678. The van der Waals surface area contributed by atoms with E-state index in [0.717, 1.165) is 41.9 Å². The van der Waals surface area contributed by atoms with Crippen LogP contribution in [0, 0.1) is 18.3 Å². The molecule has 0 N–H and O–H groups in total. The van der Waals surface area contributed by atoms with Crippen LogP contribution in [0.5, 0.6) is 0 Å². The van der Waals surface area contributed by atoms with Gasteiger partial charge in [-0.25, -0.2) is 0 Å². The van der Waals surface area contributed by atoms with Crippen molar-refractivity contribution >= 4 is 11.8 Å². The lowest BCUT2D eigenvalue weighted by molar-refractivity contribution is -0.137. The summed E-state index contributed by atoms with van der Waals surface area (Å²) < 4.78 is 0. The van der Waals surface area contributed by atoms with Gasteiger partial charge in [-0.1, -0.05) is 55.5 Å². The molecule has 1 heterocycles. The van der Waals surface area contributed by atoms with Crippen LogP contribution in [0.4, 0.5) is 0 Å². The van der Waals surface area contributed by atoms with Gasteiger partial charge in [0.15, 0.2) is 0 Å². The standard InChI is InChI=1S/C29H34N2O2/c1-20(23-7-8-23)17-22-5-4-6-24(19-22)25-9-10-26(21(2)18-25)27(32)30-13-15-31(16-14-30)28(33)29(3)11-12-29/h4-6,9-10,18-19,23H,1,7-8,11-17H2,2-3H3. The summed E-state index contributed by atoms with van der Waals surface area (Å²) in [6.45, 7) is 10.8. The number of hydrogen-bond donors (Lipinski definition) is 0. The molecule has 3 fully saturated rings. The number of piperazine rings is 1. The van der Waals surface area contributed by atoms with Crippen LogP contribution in [0.15, 0.2) is 54.6 Å². The third-order valence-electron chi connectivity index (χ3n) is 7.67. The molecule has 1 saturated heterocycles. The van der Waals surface area contributed by atoms with Gasteiger partial charge in [0, 0.05) is 37.2 Å². The van der Waals surface area contributed by atoms with Crippen molar-refractivity contribution in [1.29, 1.82) is 0 Å². The van der Waals surface area contributed by atoms with E-state index < -0.39 is 0 Å². The van der Waals surface area contributed by atoms with E-state index in [9.17, 15) is 9.59 Å². The highest BCUT2D eigenvalue weighted by molar-refractivity contribution is 5.96. The van der Waals surface area contributed by atoms with Crippen molar-refractivity contribution in [2.24, 2.45) is 11.3 Å². The number of allylic oxidation sites excluding steroid dienone is 1. The van der Waals surface area contributed by atoms with Gasteiger partial charge in [0.25, 0.3) is 5.91 Å². The number of aryl methyl sites for hydroxylation is 1. The molecule has 5 rings (SSSR count). The van der Waals surface area contributed by atoms with E-state index in [-0.39, 0.29) is 17.2 Å². The molecule has 4 nitrogen and oxygen atoms in total. The molecule has 0 spiro atoms. The molecule has 172 valence electrons. The van der Waals surface area contributed by atoms with Gasteiger partial charge in [-0.2, -0.15) is 0 Å². The van der Waals surface area contributed by atoms with Crippen molar-refractivity contribution in [3.8, 4) is 11.1 Å². The van der Waals surface area contributed by atoms with Crippen molar-refractivity contribution in [2.75, 3.05) is 26.2 Å². The summed E-state index contributed by atoms with van der Waals surface area (Å²) in [5.41, 5.74) is 6.57. The first kappa shape index (κ1) is 21.9. The van der Waals surface area contributed by atoms with Crippen LogP contribution in [-0.2, 0) is 11.2 Å². The molecular formula is C29H34N2O2. The lowest BCUT2D eigenvalue weighted by Crippen LogP contribution is -2.52. The number of nitrogens with zero attached hydrogens (tertiary/aromatic N) is 2. The Morgan fingerprint density at radius 1 is 0.970 bits per heavy atom. The summed E-state index contributed by atoms with van der Waals surface area (Å²) >= 11 is 0. The fourth-order valence-electron chi connectivity index (χ4n) is 4.91. The molecule has 0 radical (unpaired) electrons. The van der Waals surface area contributed by atoms with Gasteiger partial charge in [0.1, 0.15) is 0 Å². The molecule has 2 aromatic rings. The monoisotopic (exact) mass is 442 g/mol. The summed E-state index contributed by atoms with van der Waals surface area (Å²) in [4.78, 5) is 29.6. The van der Waals surface area contributed by atoms with Gasteiger partial charge in [-0.05, 0) is 73.3 Å². The van der Waals surface area contributed by atoms with Gasteiger partial charge in [-0.3, -0.25) is 9.59 Å². The lowest BCUT2D eigenvalue weighted by Gasteiger charge is -2.36. The van der Waals surface area contributed by atoms with Crippen molar-refractivity contribution in [1.82, 2.24) is 9.80 Å². The maximum Gasteiger partial charge on any atom is 0.254 e. The van der Waals surface area contributed by atoms with Crippen LogP contribution in [0.3, 0.4) is 0 Å². The first-order chi connectivity index (χ1) is 15.8. The molecule has 2 aromatic carbocycles. The second kappa shape index (κ2) is 8.48. The normalized spacial score (nSPS) is 19.3. The summed E-state index contributed by atoms with van der Waals surface area (Å²) in [6.07, 6.45) is 5.51. The molecule has 4 heteroatoms. The number of carbonyl (C=O) groups is 2. The van der Waals surface area contributed by atoms with E-state index in [0.29, 0.717) is 26.2 Å². The van der Waals surface area contributed by atoms with Crippen LogP contribution >= 0.6 is 0 Å². The van der Waals surface area contributed by atoms with E-state index in [1.165, 1.54) is 29.5 Å². The second-order valence-corrected chi connectivity index (χ2v) is 10.5. The Hall–Kier alpha value is -2.88. The average molecular weight is 443 g/mol. The Kier molecular flexibility index (Phi) is 5.64. The molecule has 1 aliphatic heterocycles. The predicted octanol–water partition coefficient (Wildman–Crippen LogP) is 5.26. The van der Waals surface area contributed by atoms with Gasteiger partial charge in [-0.15, -0.1) is 0 Å². The molecule has 2 saturated carbocycles. The Balaban J connectivity index is 1.25. The fraction of sp³-hybridized carbons (Fsp3) is 0.448. The highest BCUT2D eigenvalue weighted by Crippen LogP contribution is 2.46. The van der Waals surface area contributed by atoms with Crippen molar-refractivity contribution in [3.05, 3.63) is 71.3 Å². The Bertz CT molecular complexity index is 1100. The number of amides is 2. The summed E-state index contributed by atoms with van der Waals surface area (Å²) in [5.74, 6) is 1.05. The molecule has 2 amide bonds. The minimum atomic E-state index is -0.138. The Morgan fingerprint density at radius 3 is 2.27 bits per heavy atom. The Labute approximate surface area is 197 Å². The molecule has 0 atom stereocenters. The first-order valence-corrected chi connectivity index (χ1v) is 12.3. The summed E-state index contributed by atoms with van der Waals surface area (Å²) in [7, 11) is 0. The van der Waals surface area contributed by atoms with E-state index in [2.05, 4.69) is 49.9 Å². The highest BCUT2D eigenvalue weighted by atomic mass is 16.2. The zero-order valence-corrected chi connectivity index (χ0v) is 19.9. The number of carbonyl (C=O) groups excluding carboxylic acids is 2. The molecule has 33 heavy (non-hydrogen) atoms. The van der Waals surface area contributed by atoms with Gasteiger partial charge < -0.3 is 9.80 Å². The third kappa shape index (κ3) is 4.62. The van der Waals surface area contributed by atoms with Crippen LogP contribution < -0.4 is 0 Å². The topological polar surface area (TPSA) is 40.6 Å². The predicted molar refractivity (Wildman–Crippen MR) is 132 cm³/mol. The van der Waals surface area contributed by atoms with Crippen LogP contribution in [0.1, 0.15) is 54.1 Å². The second-order valence-electron chi connectivity index (χ2n) is 10.5. The third-order valence-corrected chi connectivity index (χ3v) is 7.67. The molecule has 0 unspecified atom stereocenters. The zero-order chi connectivity index (χ0) is 23.2. The number of benzene rings is 2. The van der Waals surface area contributed by atoms with Crippen LogP contribution in [0.25, 0.3) is 11.1 Å². The van der Waals surface area contributed by atoms with Crippen molar-refractivity contribution in [2.45, 2.75) is 46.0 Å². The smallest absolute Gasteiger partial charge is 0.254 e. The van der Waals surface area contributed by atoms with Crippen molar-refractivity contribution in [3.63, 3.8) is 0 Å². The number of hydrogen-bond acceptors (Lipinski definition) is 2. The minimum Gasteiger partial charge on any atom is -0.339 e. The largest absolute Gasteiger partial charge is 0.339 e. The molecule has 2 aliphatic carbocycles. The molecule has 0 bridgehead atoms.